The number of aromatic nitrogens is 1. The summed E-state index contributed by atoms with van der Waals surface area (Å²) >= 11 is 0. The lowest BCUT2D eigenvalue weighted by Gasteiger charge is -2.11. The lowest BCUT2D eigenvalue weighted by molar-refractivity contribution is 0.0572. The maximum absolute atomic E-state index is 13.1. The summed E-state index contributed by atoms with van der Waals surface area (Å²) in [5, 5.41) is 19.0. The molecule has 1 aliphatic heterocycles. The van der Waals surface area contributed by atoms with E-state index in [9.17, 15) is 14.6 Å². The molecule has 2 atom stereocenters. The Morgan fingerprint density at radius 1 is 1.30 bits per heavy atom. The van der Waals surface area contributed by atoms with Gasteiger partial charge in [0.2, 0.25) is 5.89 Å². The number of hydrogen-bond acceptors (Lipinski definition) is 5. The van der Waals surface area contributed by atoms with Crippen molar-refractivity contribution in [1.82, 2.24) is 9.88 Å². The standard InChI is InChI=1S/C14H15FN2O3/c15-10-3-1-2-9(4-10)14-16-11(8-20-14)5-17-6-12(18)13(19)7-17/h1-4,8,12-13,18-19H,5-7H2. The number of hydrogen-bond donors (Lipinski definition) is 2. The molecule has 3 rings (SSSR count). The van der Waals surface area contributed by atoms with E-state index in [2.05, 4.69) is 4.98 Å². The molecule has 5 nitrogen and oxygen atoms in total. The molecule has 2 heterocycles. The summed E-state index contributed by atoms with van der Waals surface area (Å²) in [5.41, 5.74) is 1.27. The zero-order valence-corrected chi connectivity index (χ0v) is 10.7. The first-order valence-electron chi connectivity index (χ1n) is 6.40. The van der Waals surface area contributed by atoms with Gasteiger partial charge in [0.05, 0.1) is 17.9 Å². The van der Waals surface area contributed by atoms with Crippen molar-refractivity contribution in [1.29, 1.82) is 0 Å². The van der Waals surface area contributed by atoms with Crippen molar-refractivity contribution < 1.29 is 19.0 Å². The average molecular weight is 278 g/mol. The Morgan fingerprint density at radius 2 is 2.05 bits per heavy atom. The third kappa shape index (κ3) is 2.72. The Labute approximate surface area is 115 Å². The van der Waals surface area contributed by atoms with Crippen molar-refractivity contribution in [2.24, 2.45) is 0 Å². The van der Waals surface area contributed by atoms with Crippen molar-refractivity contribution in [3.05, 3.63) is 42.0 Å². The van der Waals surface area contributed by atoms with E-state index in [1.807, 2.05) is 4.90 Å². The molecule has 0 amide bonds. The van der Waals surface area contributed by atoms with Gasteiger partial charge in [-0.15, -0.1) is 0 Å². The van der Waals surface area contributed by atoms with Gasteiger partial charge in [0.25, 0.3) is 0 Å². The summed E-state index contributed by atoms with van der Waals surface area (Å²) in [4.78, 5) is 6.19. The van der Waals surface area contributed by atoms with Crippen LogP contribution in [-0.2, 0) is 6.54 Å². The highest BCUT2D eigenvalue weighted by molar-refractivity contribution is 5.52. The number of β-amino-alcohol motifs (C(OH)–C–C–N with tert-alkyl or cyclic N) is 2. The van der Waals surface area contributed by atoms with Crippen molar-refractivity contribution >= 4 is 0 Å². The quantitative estimate of drug-likeness (QED) is 0.877. The van der Waals surface area contributed by atoms with Gasteiger partial charge in [-0.25, -0.2) is 9.37 Å². The predicted octanol–water partition coefficient (Wildman–Crippen LogP) is 1.02. The molecule has 2 unspecified atom stereocenters. The monoisotopic (exact) mass is 278 g/mol. The van der Waals surface area contributed by atoms with Gasteiger partial charge in [0.15, 0.2) is 0 Å². The number of likely N-dealkylation sites (tertiary alicyclic amines) is 1. The second-order valence-corrected chi connectivity index (χ2v) is 4.98. The number of benzene rings is 1. The van der Waals surface area contributed by atoms with Crippen molar-refractivity contribution in [3.8, 4) is 11.5 Å². The molecule has 106 valence electrons. The Kier molecular flexibility index (Phi) is 3.52. The third-order valence-corrected chi connectivity index (χ3v) is 3.34. The van der Waals surface area contributed by atoms with Crippen LogP contribution in [0.25, 0.3) is 11.5 Å². The summed E-state index contributed by atoms with van der Waals surface area (Å²) in [6.07, 6.45) is 0.0753. The number of halogens is 1. The summed E-state index contributed by atoms with van der Waals surface area (Å²) in [5.74, 6) is 0.0211. The highest BCUT2D eigenvalue weighted by Gasteiger charge is 2.29. The molecule has 0 saturated carbocycles. The first-order valence-corrected chi connectivity index (χ1v) is 6.40. The van der Waals surface area contributed by atoms with Gasteiger partial charge < -0.3 is 14.6 Å². The number of nitrogens with zero attached hydrogens (tertiary/aromatic N) is 2. The summed E-state index contributed by atoms with van der Waals surface area (Å²) in [7, 11) is 0. The van der Waals surface area contributed by atoms with Crippen LogP contribution in [0.3, 0.4) is 0 Å². The second-order valence-electron chi connectivity index (χ2n) is 4.98. The fraction of sp³-hybridized carbons (Fsp3) is 0.357. The van der Waals surface area contributed by atoms with Gasteiger partial charge in [-0.3, -0.25) is 4.90 Å². The molecule has 1 saturated heterocycles. The first kappa shape index (κ1) is 13.2. The van der Waals surface area contributed by atoms with Crippen molar-refractivity contribution in [2.45, 2.75) is 18.8 Å². The van der Waals surface area contributed by atoms with Gasteiger partial charge in [0.1, 0.15) is 12.1 Å². The van der Waals surface area contributed by atoms with E-state index in [0.29, 0.717) is 36.8 Å². The molecule has 0 radical (unpaired) electrons. The topological polar surface area (TPSA) is 69.7 Å². The summed E-state index contributed by atoms with van der Waals surface area (Å²) in [6.45, 7) is 1.29. The van der Waals surface area contributed by atoms with Crippen LogP contribution in [-0.4, -0.2) is 45.4 Å². The Balaban J connectivity index is 1.71. The lowest BCUT2D eigenvalue weighted by atomic mass is 10.2. The van der Waals surface area contributed by atoms with Crippen molar-refractivity contribution in [3.63, 3.8) is 0 Å². The Hall–Kier alpha value is -1.76. The Bertz CT molecular complexity index is 592. The molecule has 1 aromatic carbocycles. The van der Waals surface area contributed by atoms with Crippen LogP contribution in [0.4, 0.5) is 4.39 Å². The number of aliphatic hydroxyl groups excluding tert-OH is 2. The zero-order valence-electron chi connectivity index (χ0n) is 10.7. The van der Waals surface area contributed by atoms with Gasteiger partial charge in [-0.1, -0.05) is 6.07 Å². The SMILES string of the molecule is OC1CN(Cc2coc(-c3cccc(F)c3)n2)CC1O. The molecular weight excluding hydrogens is 263 g/mol. The fourth-order valence-electron chi connectivity index (χ4n) is 2.34. The lowest BCUT2D eigenvalue weighted by Crippen LogP contribution is -2.22. The third-order valence-electron chi connectivity index (χ3n) is 3.34. The molecule has 0 spiro atoms. The van der Waals surface area contributed by atoms with Crippen LogP contribution in [0.2, 0.25) is 0 Å². The molecule has 0 aliphatic carbocycles. The van der Waals surface area contributed by atoms with E-state index in [1.165, 1.54) is 18.4 Å². The second kappa shape index (κ2) is 5.32. The van der Waals surface area contributed by atoms with Crippen LogP contribution in [0.5, 0.6) is 0 Å². The first-order chi connectivity index (χ1) is 9.61. The van der Waals surface area contributed by atoms with Gasteiger partial charge >= 0.3 is 0 Å². The summed E-state index contributed by atoms with van der Waals surface area (Å²) in [6, 6.07) is 6.04. The normalized spacial score (nSPS) is 23.4. The molecule has 1 aromatic heterocycles. The van der Waals surface area contributed by atoms with Crippen LogP contribution >= 0.6 is 0 Å². The molecular formula is C14H15FN2O3. The maximum Gasteiger partial charge on any atom is 0.226 e. The minimum atomic E-state index is -0.718. The smallest absolute Gasteiger partial charge is 0.226 e. The zero-order chi connectivity index (χ0) is 14.1. The highest BCUT2D eigenvalue weighted by atomic mass is 19.1. The van der Waals surface area contributed by atoms with Crippen molar-refractivity contribution in [2.75, 3.05) is 13.1 Å². The van der Waals surface area contributed by atoms with Gasteiger partial charge in [0, 0.05) is 25.2 Å². The van der Waals surface area contributed by atoms with E-state index in [-0.39, 0.29) is 5.82 Å². The maximum atomic E-state index is 13.1. The summed E-state index contributed by atoms with van der Waals surface area (Å²) < 4.78 is 18.5. The van der Waals surface area contributed by atoms with Gasteiger partial charge in [-0.05, 0) is 18.2 Å². The minimum Gasteiger partial charge on any atom is -0.444 e. The molecule has 6 heteroatoms. The van der Waals surface area contributed by atoms with E-state index < -0.39 is 12.2 Å². The number of aliphatic hydroxyl groups is 2. The largest absolute Gasteiger partial charge is 0.444 e. The molecule has 1 fully saturated rings. The molecule has 2 N–H and O–H groups in total. The number of rotatable bonds is 3. The average Bonchev–Trinajstić information content (AvgIpc) is 2.98. The molecule has 2 aromatic rings. The Morgan fingerprint density at radius 3 is 2.75 bits per heavy atom. The van der Waals surface area contributed by atoms with Crippen LogP contribution < -0.4 is 0 Å². The van der Waals surface area contributed by atoms with Crippen LogP contribution in [0.15, 0.2) is 34.9 Å². The molecule has 0 bridgehead atoms. The molecule has 20 heavy (non-hydrogen) atoms. The van der Waals surface area contributed by atoms with E-state index in [0.717, 1.165) is 0 Å². The van der Waals surface area contributed by atoms with E-state index in [1.54, 1.807) is 12.1 Å². The van der Waals surface area contributed by atoms with E-state index >= 15 is 0 Å². The minimum absolute atomic E-state index is 0.340. The fourth-order valence-corrected chi connectivity index (χ4v) is 2.34. The van der Waals surface area contributed by atoms with Gasteiger partial charge in [-0.2, -0.15) is 0 Å². The van der Waals surface area contributed by atoms with E-state index in [4.69, 9.17) is 4.42 Å². The highest BCUT2D eigenvalue weighted by Crippen LogP contribution is 2.21. The number of oxazole rings is 1. The van der Waals surface area contributed by atoms with Crippen LogP contribution in [0.1, 0.15) is 5.69 Å². The van der Waals surface area contributed by atoms with Crippen LogP contribution in [0, 0.1) is 5.82 Å². The predicted molar refractivity (Wildman–Crippen MR) is 69.2 cm³/mol. The molecule has 1 aliphatic rings.